The second-order valence-corrected chi connectivity index (χ2v) is 9.94. The number of methoxy groups -OCH3 is 1. The van der Waals surface area contributed by atoms with E-state index >= 15 is 0 Å². The van der Waals surface area contributed by atoms with Crippen LogP contribution in [0.2, 0.25) is 0 Å². The summed E-state index contributed by atoms with van der Waals surface area (Å²) in [6.45, 7) is 4.33. The van der Waals surface area contributed by atoms with E-state index in [0.29, 0.717) is 58.5 Å². The average Bonchev–Trinajstić information content (AvgIpc) is 3.30. The van der Waals surface area contributed by atoms with Crippen LogP contribution in [-0.4, -0.2) is 73.6 Å². The first-order valence-electron chi connectivity index (χ1n) is 13.0. The van der Waals surface area contributed by atoms with Crippen molar-refractivity contribution in [3.63, 3.8) is 0 Å². The summed E-state index contributed by atoms with van der Waals surface area (Å²) in [5.41, 5.74) is 1.55. The van der Waals surface area contributed by atoms with E-state index in [4.69, 9.17) is 9.47 Å². The smallest absolute Gasteiger partial charge is 0.242 e. The third-order valence-corrected chi connectivity index (χ3v) is 7.62. The van der Waals surface area contributed by atoms with Gasteiger partial charge in [0.2, 0.25) is 17.7 Å². The van der Waals surface area contributed by atoms with Gasteiger partial charge in [0.1, 0.15) is 11.8 Å². The molecule has 0 radical (unpaired) electrons. The van der Waals surface area contributed by atoms with Crippen LogP contribution in [0, 0.1) is 5.41 Å². The first kappa shape index (κ1) is 26.0. The molecule has 4 rings (SSSR count). The van der Waals surface area contributed by atoms with Crippen molar-refractivity contribution in [2.24, 2.45) is 5.41 Å². The van der Waals surface area contributed by atoms with Crippen LogP contribution in [0.15, 0.2) is 24.4 Å². The van der Waals surface area contributed by atoms with Crippen molar-refractivity contribution >= 4 is 28.6 Å². The average molecular weight is 499 g/mol. The molecule has 0 saturated carbocycles. The van der Waals surface area contributed by atoms with Gasteiger partial charge in [-0.05, 0) is 62.8 Å². The maximum Gasteiger partial charge on any atom is 0.242 e. The first-order chi connectivity index (χ1) is 17.4. The molecule has 3 N–H and O–H groups in total. The number of amides is 3. The molecule has 9 heteroatoms. The van der Waals surface area contributed by atoms with Gasteiger partial charge in [-0.2, -0.15) is 0 Å². The minimum absolute atomic E-state index is 0.0786. The number of benzene rings is 1. The van der Waals surface area contributed by atoms with Crippen LogP contribution in [-0.2, 0) is 25.5 Å². The van der Waals surface area contributed by atoms with Gasteiger partial charge < -0.3 is 30.0 Å². The number of nitrogens with zero attached hydrogens (tertiary/aromatic N) is 1. The fraction of sp³-hybridized carbons (Fsp3) is 0.593. The fourth-order valence-corrected chi connectivity index (χ4v) is 5.25. The summed E-state index contributed by atoms with van der Waals surface area (Å²) < 4.78 is 10.9. The maximum absolute atomic E-state index is 13.3. The number of likely N-dealkylation sites (tertiary alicyclic amines) is 1. The normalized spacial score (nSPS) is 21.7. The van der Waals surface area contributed by atoms with Crippen LogP contribution >= 0.6 is 0 Å². The summed E-state index contributed by atoms with van der Waals surface area (Å²) in [6.07, 6.45) is 6.70. The Labute approximate surface area is 212 Å². The predicted octanol–water partition coefficient (Wildman–Crippen LogP) is 2.54. The molecule has 36 heavy (non-hydrogen) atoms. The lowest BCUT2D eigenvalue weighted by molar-refractivity contribution is -0.142. The van der Waals surface area contributed by atoms with E-state index in [9.17, 15) is 14.4 Å². The van der Waals surface area contributed by atoms with E-state index in [1.54, 1.807) is 14.0 Å². The van der Waals surface area contributed by atoms with Crippen LogP contribution in [0.1, 0.15) is 51.0 Å². The molecule has 0 unspecified atom stereocenters. The fourth-order valence-electron chi connectivity index (χ4n) is 5.25. The lowest BCUT2D eigenvalue weighted by atomic mass is 9.73. The van der Waals surface area contributed by atoms with Gasteiger partial charge in [0, 0.05) is 49.8 Å². The van der Waals surface area contributed by atoms with Crippen molar-refractivity contribution in [1.29, 1.82) is 0 Å². The molecule has 2 aliphatic rings. The summed E-state index contributed by atoms with van der Waals surface area (Å²) in [4.78, 5) is 43.9. The topological polar surface area (TPSA) is 113 Å². The Morgan fingerprint density at radius 2 is 1.97 bits per heavy atom. The number of hydrogen-bond acceptors (Lipinski definition) is 5. The number of fused-ring (bicyclic) bond motifs is 1. The Balaban J connectivity index is 1.36. The summed E-state index contributed by atoms with van der Waals surface area (Å²) in [5.74, 6) is 0.614. The number of nitrogens with one attached hydrogen (secondary N) is 3. The SMILES string of the molecule is COc1ccc2[nH]cc(CCC(=O)N3CCC4(CCCCOCCNC(=O)[C@H](C)NC4=O)CC3)c2c1. The quantitative estimate of drug-likeness (QED) is 0.600. The number of piperidine rings is 1. The summed E-state index contributed by atoms with van der Waals surface area (Å²) >= 11 is 0. The third kappa shape index (κ3) is 6.00. The zero-order valence-electron chi connectivity index (χ0n) is 21.4. The Bertz CT molecular complexity index is 1070. The van der Waals surface area contributed by atoms with E-state index in [0.717, 1.165) is 41.5 Å². The Morgan fingerprint density at radius 3 is 2.75 bits per heavy atom. The van der Waals surface area contributed by atoms with Gasteiger partial charge in [-0.1, -0.05) is 6.42 Å². The molecule has 2 saturated heterocycles. The van der Waals surface area contributed by atoms with E-state index in [1.807, 2.05) is 29.3 Å². The van der Waals surface area contributed by atoms with Gasteiger partial charge in [0.05, 0.1) is 19.1 Å². The molecule has 1 aromatic heterocycles. The van der Waals surface area contributed by atoms with Crippen molar-refractivity contribution in [2.45, 2.75) is 57.9 Å². The minimum atomic E-state index is -0.607. The molecule has 2 aliphatic heterocycles. The number of aryl methyl sites for hydroxylation is 1. The lowest BCUT2D eigenvalue weighted by Crippen LogP contribution is -2.54. The van der Waals surface area contributed by atoms with E-state index in [1.165, 1.54) is 0 Å². The molecule has 0 aliphatic carbocycles. The molecule has 3 amide bonds. The highest BCUT2D eigenvalue weighted by Gasteiger charge is 2.42. The van der Waals surface area contributed by atoms with Gasteiger partial charge in [-0.3, -0.25) is 14.4 Å². The molecule has 196 valence electrons. The molecule has 2 aromatic rings. The number of hydrogen-bond donors (Lipinski definition) is 3. The maximum atomic E-state index is 13.3. The van der Waals surface area contributed by atoms with Gasteiger partial charge in [-0.15, -0.1) is 0 Å². The van der Waals surface area contributed by atoms with Crippen molar-refractivity contribution in [3.05, 3.63) is 30.0 Å². The lowest BCUT2D eigenvalue weighted by Gasteiger charge is -2.41. The van der Waals surface area contributed by atoms with Crippen LogP contribution in [0.25, 0.3) is 10.9 Å². The minimum Gasteiger partial charge on any atom is -0.497 e. The zero-order valence-corrected chi connectivity index (χ0v) is 21.4. The number of H-pyrrole nitrogens is 1. The van der Waals surface area contributed by atoms with Crippen molar-refractivity contribution in [1.82, 2.24) is 20.5 Å². The monoisotopic (exact) mass is 498 g/mol. The molecular weight excluding hydrogens is 460 g/mol. The number of aromatic nitrogens is 1. The van der Waals surface area contributed by atoms with Crippen molar-refractivity contribution in [3.8, 4) is 5.75 Å². The largest absolute Gasteiger partial charge is 0.497 e. The third-order valence-electron chi connectivity index (χ3n) is 7.62. The van der Waals surface area contributed by atoms with Gasteiger partial charge >= 0.3 is 0 Å². The molecule has 1 atom stereocenters. The molecule has 2 fully saturated rings. The van der Waals surface area contributed by atoms with Crippen molar-refractivity contribution < 1.29 is 23.9 Å². The summed E-state index contributed by atoms with van der Waals surface area (Å²) in [6, 6.07) is 5.28. The highest BCUT2D eigenvalue weighted by Crippen LogP contribution is 2.37. The van der Waals surface area contributed by atoms with Crippen LogP contribution in [0.4, 0.5) is 0 Å². The van der Waals surface area contributed by atoms with Crippen molar-refractivity contribution in [2.75, 3.05) is 40.0 Å². The van der Waals surface area contributed by atoms with Crippen LogP contribution < -0.4 is 15.4 Å². The number of carbonyl (C=O) groups is 3. The van der Waals surface area contributed by atoms with E-state index in [2.05, 4.69) is 15.6 Å². The van der Waals surface area contributed by atoms with E-state index < -0.39 is 11.5 Å². The highest BCUT2D eigenvalue weighted by molar-refractivity contribution is 5.90. The highest BCUT2D eigenvalue weighted by atomic mass is 16.5. The predicted molar refractivity (Wildman–Crippen MR) is 137 cm³/mol. The molecule has 0 bridgehead atoms. The number of aromatic amines is 1. The summed E-state index contributed by atoms with van der Waals surface area (Å²) in [5, 5.41) is 6.81. The Kier molecular flexibility index (Phi) is 8.51. The number of carbonyl (C=O) groups excluding carboxylic acids is 3. The summed E-state index contributed by atoms with van der Waals surface area (Å²) in [7, 11) is 1.65. The number of ether oxygens (including phenoxy) is 2. The van der Waals surface area contributed by atoms with Gasteiger partial charge in [0.25, 0.3) is 0 Å². The Morgan fingerprint density at radius 1 is 1.17 bits per heavy atom. The first-order valence-corrected chi connectivity index (χ1v) is 13.0. The molecule has 9 nitrogen and oxygen atoms in total. The standard InChI is InChI=1S/C27H38N4O5/c1-19-25(33)28-12-16-36-15-4-3-9-27(26(34)30-19)10-13-31(14-11-27)24(32)8-5-20-18-29-23-7-6-21(35-2)17-22(20)23/h6-7,17-19,29H,3-5,8-16H2,1-2H3,(H,28,33)(H,30,34)/t19-/m0/s1. The number of rotatable bonds is 4. The Hall–Kier alpha value is -3.07. The van der Waals surface area contributed by atoms with Gasteiger partial charge in [-0.25, -0.2) is 0 Å². The molecule has 1 aromatic carbocycles. The second-order valence-electron chi connectivity index (χ2n) is 9.94. The molecule has 1 spiro atoms. The zero-order chi connectivity index (χ0) is 25.5. The van der Waals surface area contributed by atoms with E-state index in [-0.39, 0.29) is 17.7 Å². The molecule has 3 heterocycles. The van der Waals surface area contributed by atoms with Gasteiger partial charge in [0.15, 0.2) is 0 Å². The van der Waals surface area contributed by atoms with Crippen LogP contribution in [0.5, 0.6) is 5.75 Å². The van der Waals surface area contributed by atoms with Crippen LogP contribution in [0.3, 0.4) is 0 Å². The second kappa shape index (κ2) is 11.8. The molecular formula is C27H38N4O5.